The maximum absolute atomic E-state index is 13.0. The van der Waals surface area contributed by atoms with Gasteiger partial charge >= 0.3 is 0 Å². The van der Waals surface area contributed by atoms with Crippen molar-refractivity contribution < 1.29 is 22.1 Å². The number of halogens is 1. The molecule has 2 heterocycles. The third-order valence-electron chi connectivity index (χ3n) is 4.18. The Bertz CT molecular complexity index is 865. The number of hydrogen-bond donors (Lipinski definition) is 0. The molecule has 9 heteroatoms. The molecule has 25 heavy (non-hydrogen) atoms. The van der Waals surface area contributed by atoms with E-state index in [2.05, 4.69) is 5.16 Å². The lowest BCUT2D eigenvalue weighted by Crippen LogP contribution is -2.50. The molecule has 3 rings (SSSR count). The normalized spacial score (nSPS) is 16.2. The standard InChI is InChI=1S/C16H18FN3O4S/c1-11-15(12(2)24-18-11)25(22,23)20-9-7-19(8-10-20)16(21)13-3-5-14(17)6-4-13/h3-6H,7-10H2,1-2H3. The highest BCUT2D eigenvalue weighted by molar-refractivity contribution is 7.89. The van der Waals surface area contributed by atoms with Crippen molar-refractivity contribution in [3.63, 3.8) is 0 Å². The summed E-state index contributed by atoms with van der Waals surface area (Å²) in [5, 5.41) is 3.69. The summed E-state index contributed by atoms with van der Waals surface area (Å²) in [4.78, 5) is 14.1. The van der Waals surface area contributed by atoms with E-state index in [4.69, 9.17) is 4.52 Å². The fourth-order valence-electron chi connectivity index (χ4n) is 2.88. The Morgan fingerprint density at radius 1 is 1.12 bits per heavy atom. The van der Waals surface area contributed by atoms with Crippen molar-refractivity contribution in [2.24, 2.45) is 0 Å². The van der Waals surface area contributed by atoms with Gasteiger partial charge in [-0.3, -0.25) is 4.79 Å². The van der Waals surface area contributed by atoms with Crippen molar-refractivity contribution in [3.8, 4) is 0 Å². The second-order valence-electron chi connectivity index (χ2n) is 5.86. The van der Waals surface area contributed by atoms with E-state index in [1.807, 2.05) is 0 Å². The maximum Gasteiger partial charge on any atom is 0.253 e. The van der Waals surface area contributed by atoms with Crippen LogP contribution >= 0.6 is 0 Å². The number of benzene rings is 1. The minimum absolute atomic E-state index is 0.0887. The lowest BCUT2D eigenvalue weighted by Gasteiger charge is -2.34. The van der Waals surface area contributed by atoms with Crippen LogP contribution in [-0.2, 0) is 10.0 Å². The lowest BCUT2D eigenvalue weighted by molar-refractivity contribution is 0.0697. The Morgan fingerprint density at radius 3 is 2.24 bits per heavy atom. The Morgan fingerprint density at radius 2 is 1.72 bits per heavy atom. The van der Waals surface area contributed by atoms with E-state index in [0.717, 1.165) is 0 Å². The van der Waals surface area contributed by atoms with Crippen molar-refractivity contribution in [2.45, 2.75) is 18.7 Å². The number of carbonyl (C=O) groups is 1. The van der Waals surface area contributed by atoms with Gasteiger partial charge in [0.1, 0.15) is 16.4 Å². The first-order valence-corrected chi connectivity index (χ1v) is 9.22. The summed E-state index contributed by atoms with van der Waals surface area (Å²) in [6, 6.07) is 5.30. The van der Waals surface area contributed by atoms with E-state index in [-0.39, 0.29) is 42.7 Å². The van der Waals surface area contributed by atoms with Gasteiger partial charge in [-0.05, 0) is 38.1 Å². The fourth-order valence-corrected chi connectivity index (χ4v) is 4.59. The lowest BCUT2D eigenvalue weighted by atomic mass is 10.2. The topological polar surface area (TPSA) is 83.7 Å². The van der Waals surface area contributed by atoms with E-state index in [1.165, 1.54) is 28.6 Å². The predicted molar refractivity (Wildman–Crippen MR) is 87.0 cm³/mol. The van der Waals surface area contributed by atoms with Crippen LogP contribution in [0.2, 0.25) is 0 Å². The van der Waals surface area contributed by atoms with Crippen molar-refractivity contribution in [1.29, 1.82) is 0 Å². The smallest absolute Gasteiger partial charge is 0.253 e. The second kappa shape index (κ2) is 6.57. The molecule has 1 amide bonds. The van der Waals surface area contributed by atoms with Crippen LogP contribution in [0.3, 0.4) is 0 Å². The van der Waals surface area contributed by atoms with Crippen molar-refractivity contribution >= 4 is 15.9 Å². The molecule has 0 aliphatic carbocycles. The molecule has 7 nitrogen and oxygen atoms in total. The van der Waals surface area contributed by atoms with Crippen molar-refractivity contribution in [1.82, 2.24) is 14.4 Å². The molecule has 0 saturated carbocycles. The molecule has 1 saturated heterocycles. The van der Waals surface area contributed by atoms with Crippen LogP contribution in [0, 0.1) is 19.7 Å². The molecule has 2 aromatic rings. The van der Waals surface area contributed by atoms with E-state index in [0.29, 0.717) is 11.3 Å². The average molecular weight is 367 g/mol. The number of piperazine rings is 1. The van der Waals surface area contributed by atoms with Gasteiger partial charge in [-0.25, -0.2) is 12.8 Å². The SMILES string of the molecule is Cc1noc(C)c1S(=O)(=O)N1CCN(C(=O)c2ccc(F)cc2)CC1. The number of rotatable bonds is 3. The number of hydrogen-bond acceptors (Lipinski definition) is 5. The Hall–Kier alpha value is -2.26. The number of sulfonamides is 1. The van der Waals surface area contributed by atoms with Gasteiger partial charge in [0.15, 0.2) is 5.76 Å². The van der Waals surface area contributed by atoms with Gasteiger partial charge in [0.05, 0.1) is 0 Å². The summed E-state index contributed by atoms with van der Waals surface area (Å²) >= 11 is 0. The molecule has 134 valence electrons. The molecule has 0 bridgehead atoms. The Kier molecular flexibility index (Phi) is 4.61. The van der Waals surface area contributed by atoms with Crippen LogP contribution in [0.5, 0.6) is 0 Å². The molecule has 1 aromatic heterocycles. The van der Waals surface area contributed by atoms with Crippen LogP contribution in [0.1, 0.15) is 21.8 Å². The molecular formula is C16H18FN3O4S. The maximum atomic E-state index is 13.0. The highest BCUT2D eigenvalue weighted by Crippen LogP contribution is 2.24. The molecule has 0 spiro atoms. The van der Waals surface area contributed by atoms with Crippen molar-refractivity contribution in [2.75, 3.05) is 26.2 Å². The Labute approximate surface area is 145 Å². The van der Waals surface area contributed by atoms with Crippen LogP contribution in [0.25, 0.3) is 0 Å². The zero-order chi connectivity index (χ0) is 18.2. The van der Waals surface area contributed by atoms with Gasteiger partial charge in [0, 0.05) is 31.7 Å². The average Bonchev–Trinajstić information content (AvgIpc) is 2.94. The highest BCUT2D eigenvalue weighted by atomic mass is 32.2. The van der Waals surface area contributed by atoms with Gasteiger partial charge in [-0.15, -0.1) is 0 Å². The quantitative estimate of drug-likeness (QED) is 0.822. The zero-order valence-corrected chi connectivity index (χ0v) is 14.7. The monoisotopic (exact) mass is 367 g/mol. The minimum Gasteiger partial charge on any atom is -0.360 e. The number of amides is 1. The highest BCUT2D eigenvalue weighted by Gasteiger charge is 2.34. The van der Waals surface area contributed by atoms with Crippen LogP contribution in [-0.4, -0.2) is 54.9 Å². The van der Waals surface area contributed by atoms with Gasteiger partial charge in [-0.1, -0.05) is 5.16 Å². The van der Waals surface area contributed by atoms with E-state index in [9.17, 15) is 17.6 Å². The van der Waals surface area contributed by atoms with E-state index >= 15 is 0 Å². The molecular weight excluding hydrogens is 349 g/mol. The molecule has 0 atom stereocenters. The Balaban J connectivity index is 1.71. The summed E-state index contributed by atoms with van der Waals surface area (Å²) in [7, 11) is -3.71. The van der Waals surface area contributed by atoms with E-state index < -0.39 is 15.8 Å². The van der Waals surface area contributed by atoms with Crippen LogP contribution in [0.4, 0.5) is 4.39 Å². The third-order valence-corrected chi connectivity index (χ3v) is 6.33. The third kappa shape index (κ3) is 3.29. The van der Waals surface area contributed by atoms with Crippen molar-refractivity contribution in [3.05, 3.63) is 47.1 Å². The fraction of sp³-hybridized carbons (Fsp3) is 0.375. The first-order chi connectivity index (χ1) is 11.8. The minimum atomic E-state index is -3.71. The summed E-state index contributed by atoms with van der Waals surface area (Å²) in [5.74, 6) is -0.399. The second-order valence-corrected chi connectivity index (χ2v) is 7.73. The van der Waals surface area contributed by atoms with Gasteiger partial charge in [-0.2, -0.15) is 4.31 Å². The van der Waals surface area contributed by atoms with Gasteiger partial charge in [0.25, 0.3) is 5.91 Å². The molecule has 1 aliphatic rings. The summed E-state index contributed by atoms with van der Waals surface area (Å²) in [6.45, 7) is 4.02. The van der Waals surface area contributed by atoms with Gasteiger partial charge < -0.3 is 9.42 Å². The van der Waals surface area contributed by atoms with Crippen LogP contribution < -0.4 is 0 Å². The molecule has 1 aromatic carbocycles. The molecule has 0 radical (unpaired) electrons. The van der Waals surface area contributed by atoms with Crippen LogP contribution in [0.15, 0.2) is 33.7 Å². The molecule has 0 unspecified atom stereocenters. The largest absolute Gasteiger partial charge is 0.360 e. The first kappa shape index (κ1) is 17.6. The number of aromatic nitrogens is 1. The number of carbonyl (C=O) groups excluding carboxylic acids is 1. The number of aryl methyl sites for hydroxylation is 2. The first-order valence-electron chi connectivity index (χ1n) is 7.78. The van der Waals surface area contributed by atoms with E-state index in [1.54, 1.807) is 18.7 Å². The summed E-state index contributed by atoms with van der Waals surface area (Å²) in [5.41, 5.74) is 0.700. The molecule has 0 N–H and O–H groups in total. The summed E-state index contributed by atoms with van der Waals surface area (Å²) < 4.78 is 44.7. The molecule has 1 aliphatic heterocycles. The molecule has 1 fully saturated rings. The number of nitrogens with zero attached hydrogens (tertiary/aromatic N) is 3. The van der Waals surface area contributed by atoms with Gasteiger partial charge in [0.2, 0.25) is 10.0 Å². The zero-order valence-electron chi connectivity index (χ0n) is 13.9. The summed E-state index contributed by atoms with van der Waals surface area (Å²) in [6.07, 6.45) is 0. The predicted octanol–water partition coefficient (Wildman–Crippen LogP) is 1.58.